The van der Waals surface area contributed by atoms with Crippen LogP contribution in [0.1, 0.15) is 22.6 Å². The fraction of sp³-hybridized carbons (Fsp3) is 0.250. The molecule has 0 saturated carbocycles. The maximum Gasteiger partial charge on any atom is 0.282 e. The fourth-order valence-electron chi connectivity index (χ4n) is 1.75. The molecule has 1 amide bonds. The highest BCUT2D eigenvalue weighted by Crippen LogP contribution is 2.19. The molecule has 0 spiro atoms. The Labute approximate surface area is 118 Å². The van der Waals surface area contributed by atoms with Crippen LogP contribution < -0.4 is 5.32 Å². The van der Waals surface area contributed by atoms with Crippen molar-refractivity contribution in [2.24, 2.45) is 0 Å². The highest BCUT2D eigenvalue weighted by molar-refractivity contribution is 5.98. The highest BCUT2D eigenvalue weighted by atomic mass is 19.1. The van der Waals surface area contributed by atoms with Gasteiger partial charge in [0.1, 0.15) is 23.5 Å². The molecule has 0 aliphatic heterocycles. The summed E-state index contributed by atoms with van der Waals surface area (Å²) >= 11 is 0. The second kappa shape index (κ2) is 6.55. The quantitative estimate of drug-likeness (QED) is 0.472. The van der Waals surface area contributed by atoms with Gasteiger partial charge < -0.3 is 5.32 Å². The number of nitrogens with zero attached hydrogens (tertiary/aromatic N) is 3. The molecule has 2 aromatic rings. The van der Waals surface area contributed by atoms with E-state index in [1.54, 1.807) is 0 Å². The number of rotatable bonds is 6. The molecule has 9 heteroatoms. The van der Waals surface area contributed by atoms with Crippen molar-refractivity contribution in [3.8, 4) is 0 Å². The minimum absolute atomic E-state index is 0.285. The van der Waals surface area contributed by atoms with E-state index in [9.17, 15) is 19.3 Å². The lowest BCUT2D eigenvalue weighted by Gasteiger charge is -2.05. The van der Waals surface area contributed by atoms with Crippen LogP contribution in [0.4, 0.5) is 10.1 Å². The molecule has 0 atom stereocenters. The second-order valence-electron chi connectivity index (χ2n) is 4.21. The standard InChI is InChI=1S/C12H12FN5O3/c13-8-3-4-10(18(20)21)9(6-8)12(19)14-5-1-2-11-15-7-16-17-11/h3-4,6-7H,1-2,5H2,(H,14,19)(H,15,16,17). The highest BCUT2D eigenvalue weighted by Gasteiger charge is 2.20. The lowest BCUT2D eigenvalue weighted by atomic mass is 10.1. The van der Waals surface area contributed by atoms with Gasteiger partial charge >= 0.3 is 0 Å². The maximum atomic E-state index is 13.1. The van der Waals surface area contributed by atoms with E-state index in [0.717, 1.165) is 18.2 Å². The van der Waals surface area contributed by atoms with E-state index in [4.69, 9.17) is 0 Å². The van der Waals surface area contributed by atoms with Crippen molar-refractivity contribution in [1.82, 2.24) is 20.5 Å². The normalized spacial score (nSPS) is 10.3. The lowest BCUT2D eigenvalue weighted by molar-refractivity contribution is -0.385. The SMILES string of the molecule is O=C(NCCCc1ncn[nH]1)c1cc(F)ccc1[N+](=O)[O-]. The van der Waals surface area contributed by atoms with Gasteiger partial charge in [0.2, 0.25) is 0 Å². The van der Waals surface area contributed by atoms with Crippen LogP contribution in [0.3, 0.4) is 0 Å². The summed E-state index contributed by atoms with van der Waals surface area (Å²) in [7, 11) is 0. The topological polar surface area (TPSA) is 114 Å². The van der Waals surface area contributed by atoms with Crippen LogP contribution >= 0.6 is 0 Å². The van der Waals surface area contributed by atoms with Gasteiger partial charge in [-0.15, -0.1) is 0 Å². The first-order valence-corrected chi connectivity index (χ1v) is 6.14. The van der Waals surface area contributed by atoms with Crippen LogP contribution in [0.15, 0.2) is 24.5 Å². The van der Waals surface area contributed by atoms with Crippen LogP contribution in [0.2, 0.25) is 0 Å². The Kier molecular flexibility index (Phi) is 4.54. The number of nitrogens with one attached hydrogen (secondary N) is 2. The van der Waals surface area contributed by atoms with E-state index in [0.29, 0.717) is 18.7 Å². The van der Waals surface area contributed by atoms with Crippen molar-refractivity contribution < 1.29 is 14.1 Å². The third-order valence-corrected chi connectivity index (χ3v) is 2.74. The number of halogens is 1. The number of aromatic amines is 1. The number of benzene rings is 1. The number of hydrogen-bond acceptors (Lipinski definition) is 5. The minimum atomic E-state index is -0.719. The first-order valence-electron chi connectivity index (χ1n) is 6.14. The van der Waals surface area contributed by atoms with Crippen LogP contribution in [-0.2, 0) is 6.42 Å². The molecule has 0 aliphatic carbocycles. The third kappa shape index (κ3) is 3.81. The van der Waals surface area contributed by atoms with Gasteiger partial charge in [-0.1, -0.05) is 0 Å². The van der Waals surface area contributed by atoms with Crippen molar-refractivity contribution in [2.45, 2.75) is 12.8 Å². The van der Waals surface area contributed by atoms with E-state index < -0.39 is 22.3 Å². The van der Waals surface area contributed by atoms with Crippen molar-refractivity contribution in [1.29, 1.82) is 0 Å². The van der Waals surface area contributed by atoms with E-state index >= 15 is 0 Å². The summed E-state index contributed by atoms with van der Waals surface area (Å²) < 4.78 is 13.1. The van der Waals surface area contributed by atoms with Crippen molar-refractivity contribution in [3.05, 3.63) is 51.8 Å². The molecule has 0 bridgehead atoms. The molecule has 0 radical (unpaired) electrons. The molecule has 1 heterocycles. The maximum absolute atomic E-state index is 13.1. The zero-order chi connectivity index (χ0) is 15.2. The summed E-state index contributed by atoms with van der Waals surface area (Å²) in [5.41, 5.74) is -0.719. The first kappa shape index (κ1) is 14.6. The largest absolute Gasteiger partial charge is 0.352 e. The Bertz CT molecular complexity index is 644. The molecule has 0 fully saturated rings. The Morgan fingerprint density at radius 3 is 2.95 bits per heavy atom. The zero-order valence-electron chi connectivity index (χ0n) is 10.9. The second-order valence-corrected chi connectivity index (χ2v) is 4.21. The van der Waals surface area contributed by atoms with Gasteiger partial charge in [-0.05, 0) is 18.6 Å². The molecule has 1 aromatic heterocycles. The summed E-state index contributed by atoms with van der Waals surface area (Å²) in [4.78, 5) is 25.9. The summed E-state index contributed by atoms with van der Waals surface area (Å²) in [6.07, 6.45) is 2.53. The molecule has 8 nitrogen and oxygen atoms in total. The smallest absolute Gasteiger partial charge is 0.282 e. The molecular weight excluding hydrogens is 281 g/mol. The van der Waals surface area contributed by atoms with Gasteiger partial charge in [-0.2, -0.15) is 5.10 Å². The first-order chi connectivity index (χ1) is 10.1. The number of hydrogen-bond donors (Lipinski definition) is 2. The number of carbonyl (C=O) groups is 1. The van der Waals surface area contributed by atoms with E-state index in [2.05, 4.69) is 20.5 Å². The number of aryl methyl sites for hydroxylation is 1. The Morgan fingerprint density at radius 2 is 2.29 bits per heavy atom. The lowest BCUT2D eigenvalue weighted by Crippen LogP contribution is -2.25. The van der Waals surface area contributed by atoms with Gasteiger partial charge in [0.25, 0.3) is 11.6 Å². The van der Waals surface area contributed by atoms with Gasteiger partial charge in [-0.25, -0.2) is 9.37 Å². The number of H-pyrrole nitrogens is 1. The molecular formula is C12H12FN5O3. The number of amides is 1. The number of nitro groups is 1. The third-order valence-electron chi connectivity index (χ3n) is 2.74. The van der Waals surface area contributed by atoms with Crippen molar-refractivity contribution in [2.75, 3.05) is 6.54 Å². The van der Waals surface area contributed by atoms with E-state index in [-0.39, 0.29) is 12.1 Å². The predicted octanol–water partition coefficient (Wildman–Crippen LogP) is 1.21. The zero-order valence-corrected chi connectivity index (χ0v) is 10.9. The van der Waals surface area contributed by atoms with Crippen LogP contribution in [-0.4, -0.2) is 32.6 Å². The Hall–Kier alpha value is -2.84. The summed E-state index contributed by atoms with van der Waals surface area (Å²) in [5.74, 6) is -0.702. The molecule has 0 unspecified atom stereocenters. The molecule has 2 rings (SSSR count). The monoisotopic (exact) mass is 293 g/mol. The minimum Gasteiger partial charge on any atom is -0.352 e. The average molecular weight is 293 g/mol. The molecule has 1 aromatic carbocycles. The summed E-state index contributed by atoms with van der Waals surface area (Å²) in [6.45, 7) is 0.285. The van der Waals surface area contributed by atoms with Crippen LogP contribution in [0.25, 0.3) is 0 Å². The van der Waals surface area contributed by atoms with Crippen molar-refractivity contribution >= 4 is 11.6 Å². The van der Waals surface area contributed by atoms with Crippen molar-refractivity contribution in [3.63, 3.8) is 0 Å². The average Bonchev–Trinajstić information content (AvgIpc) is 2.96. The van der Waals surface area contributed by atoms with Gasteiger partial charge in [-0.3, -0.25) is 20.0 Å². The Balaban J connectivity index is 1.93. The van der Waals surface area contributed by atoms with Crippen LogP contribution in [0, 0.1) is 15.9 Å². The van der Waals surface area contributed by atoms with Gasteiger partial charge in [0.15, 0.2) is 0 Å². The van der Waals surface area contributed by atoms with Gasteiger partial charge in [0.05, 0.1) is 4.92 Å². The van der Waals surface area contributed by atoms with Crippen LogP contribution in [0.5, 0.6) is 0 Å². The number of carbonyl (C=O) groups excluding carboxylic acids is 1. The molecule has 0 aliphatic rings. The number of aromatic nitrogens is 3. The van der Waals surface area contributed by atoms with E-state index in [1.165, 1.54) is 6.33 Å². The molecule has 21 heavy (non-hydrogen) atoms. The predicted molar refractivity (Wildman–Crippen MR) is 70.1 cm³/mol. The fourth-order valence-corrected chi connectivity index (χ4v) is 1.75. The summed E-state index contributed by atoms with van der Waals surface area (Å²) in [5, 5.41) is 19.7. The number of nitro benzene ring substituents is 1. The Morgan fingerprint density at radius 1 is 1.48 bits per heavy atom. The summed E-state index contributed by atoms with van der Waals surface area (Å²) in [6, 6.07) is 2.77. The molecule has 2 N–H and O–H groups in total. The van der Waals surface area contributed by atoms with E-state index in [1.807, 2.05) is 0 Å². The molecule has 0 saturated heterocycles. The van der Waals surface area contributed by atoms with Gasteiger partial charge in [0, 0.05) is 19.0 Å². The molecule has 110 valence electrons.